The number of hydrogen-bond acceptors (Lipinski definition) is 4. The van der Waals surface area contributed by atoms with Crippen molar-refractivity contribution >= 4 is 11.8 Å². The van der Waals surface area contributed by atoms with E-state index in [-0.39, 0.29) is 22.9 Å². The van der Waals surface area contributed by atoms with Crippen LogP contribution in [-0.2, 0) is 14.3 Å². The molecule has 0 radical (unpaired) electrons. The zero-order valence-corrected chi connectivity index (χ0v) is 18.8. The quantitative estimate of drug-likeness (QED) is 0.685. The van der Waals surface area contributed by atoms with Gasteiger partial charge in [0.15, 0.2) is 0 Å². The first-order chi connectivity index (χ1) is 13.7. The first-order valence-corrected chi connectivity index (χ1v) is 12.0. The lowest BCUT2D eigenvalue weighted by Crippen LogP contribution is -2.58. The molecule has 1 N–H and O–H groups in total. The van der Waals surface area contributed by atoms with Gasteiger partial charge in [0.05, 0.1) is 13.2 Å². The highest BCUT2D eigenvalue weighted by Gasteiger charge is 2.62. The molecule has 0 aromatic carbocycles. The van der Waals surface area contributed by atoms with E-state index < -0.39 is 0 Å². The lowest BCUT2D eigenvalue weighted by Gasteiger charge is -2.62. The highest BCUT2D eigenvalue weighted by atomic mass is 16.5. The van der Waals surface area contributed by atoms with E-state index in [1.54, 1.807) is 0 Å². The fourth-order valence-corrected chi connectivity index (χ4v) is 8.64. The van der Waals surface area contributed by atoms with Gasteiger partial charge in [-0.15, -0.1) is 0 Å². The smallest absolute Gasteiger partial charge is 0.305 e. The SMILES string of the molecule is COC(=O)CC[C@@H](C)[C@H]1CCC2C3C(O)C[C@H]4CC(=O)CC[C@]4(C)C3CC[C@@]21C. The van der Waals surface area contributed by atoms with Crippen molar-refractivity contribution in [3.05, 3.63) is 0 Å². The molecule has 4 rings (SSSR count). The summed E-state index contributed by atoms with van der Waals surface area (Å²) in [6, 6.07) is 0. The van der Waals surface area contributed by atoms with Crippen LogP contribution in [0.25, 0.3) is 0 Å². The molecule has 0 aromatic heterocycles. The van der Waals surface area contributed by atoms with E-state index in [1.807, 2.05) is 0 Å². The van der Waals surface area contributed by atoms with Crippen LogP contribution in [0.2, 0.25) is 0 Å². The molecular formula is C25H40O4. The average Bonchev–Trinajstić information content (AvgIpc) is 3.04. The number of rotatable bonds is 4. The van der Waals surface area contributed by atoms with Gasteiger partial charge in [-0.3, -0.25) is 9.59 Å². The molecule has 4 unspecified atom stereocenters. The van der Waals surface area contributed by atoms with Crippen molar-refractivity contribution in [3.8, 4) is 0 Å². The van der Waals surface area contributed by atoms with Crippen LogP contribution in [0.15, 0.2) is 0 Å². The van der Waals surface area contributed by atoms with E-state index in [0.29, 0.717) is 54.1 Å². The number of aliphatic hydroxyl groups is 1. The molecule has 4 aliphatic carbocycles. The Bertz CT molecular complexity index is 659. The second-order valence-corrected chi connectivity index (χ2v) is 11.4. The van der Waals surface area contributed by atoms with Crippen LogP contribution in [0.5, 0.6) is 0 Å². The molecule has 0 aromatic rings. The first-order valence-electron chi connectivity index (χ1n) is 12.0. The number of fused-ring (bicyclic) bond motifs is 5. The Balaban J connectivity index is 1.53. The molecule has 0 heterocycles. The van der Waals surface area contributed by atoms with Crippen LogP contribution in [0.3, 0.4) is 0 Å². The molecule has 4 aliphatic rings. The predicted octanol–water partition coefficient (Wildman–Crippen LogP) is 4.77. The summed E-state index contributed by atoms with van der Waals surface area (Å²) < 4.78 is 4.85. The van der Waals surface area contributed by atoms with Crippen molar-refractivity contribution in [2.45, 2.75) is 91.1 Å². The molecular weight excluding hydrogens is 364 g/mol. The summed E-state index contributed by atoms with van der Waals surface area (Å²) in [6.45, 7) is 7.22. The molecule has 0 aliphatic heterocycles. The van der Waals surface area contributed by atoms with E-state index >= 15 is 0 Å². The molecule has 9 atom stereocenters. The number of esters is 1. The van der Waals surface area contributed by atoms with Gasteiger partial charge in [0.1, 0.15) is 5.78 Å². The van der Waals surface area contributed by atoms with Gasteiger partial charge in [-0.1, -0.05) is 20.8 Å². The molecule has 0 spiro atoms. The molecule has 29 heavy (non-hydrogen) atoms. The molecule has 4 heteroatoms. The number of aliphatic hydroxyl groups excluding tert-OH is 1. The van der Waals surface area contributed by atoms with E-state index in [4.69, 9.17) is 4.74 Å². The first kappa shape index (κ1) is 21.3. The maximum atomic E-state index is 12.1. The van der Waals surface area contributed by atoms with Gasteiger partial charge in [0.2, 0.25) is 0 Å². The number of ether oxygens (including phenoxy) is 1. The summed E-state index contributed by atoms with van der Waals surface area (Å²) >= 11 is 0. The molecule has 0 saturated heterocycles. The standard InChI is InChI=1S/C25H40O4/c1-15(5-8-22(28)29-4)18-6-7-19-23-20(10-12-25(18,19)3)24(2)11-9-17(26)13-16(24)14-21(23)27/h15-16,18-21,23,27H,5-14H2,1-4H3/t15-,16-,18-,19?,20?,21?,23?,24+,25-/m1/s1. The van der Waals surface area contributed by atoms with Crippen LogP contribution in [0.4, 0.5) is 0 Å². The van der Waals surface area contributed by atoms with Crippen LogP contribution < -0.4 is 0 Å². The van der Waals surface area contributed by atoms with Gasteiger partial charge in [-0.05, 0) is 91.3 Å². The molecule has 0 bridgehead atoms. The third-order valence-electron chi connectivity index (χ3n) is 10.3. The van der Waals surface area contributed by atoms with E-state index in [1.165, 1.54) is 32.8 Å². The van der Waals surface area contributed by atoms with Crippen LogP contribution >= 0.6 is 0 Å². The monoisotopic (exact) mass is 404 g/mol. The predicted molar refractivity (Wildman–Crippen MR) is 112 cm³/mol. The second-order valence-electron chi connectivity index (χ2n) is 11.4. The molecule has 164 valence electrons. The molecule has 4 nitrogen and oxygen atoms in total. The Hall–Kier alpha value is -0.900. The number of ketones is 1. The third kappa shape index (κ3) is 3.38. The number of methoxy groups -OCH3 is 1. The van der Waals surface area contributed by atoms with Gasteiger partial charge >= 0.3 is 5.97 Å². The Labute approximate surface area is 176 Å². The fourth-order valence-electron chi connectivity index (χ4n) is 8.64. The lowest BCUT2D eigenvalue weighted by molar-refractivity contribution is -0.169. The molecule has 0 amide bonds. The number of Topliss-reactive ketones (excluding diaryl/α,β-unsaturated/α-hetero) is 1. The summed E-state index contributed by atoms with van der Waals surface area (Å²) in [5.74, 6) is 3.35. The number of carbonyl (C=O) groups is 2. The topological polar surface area (TPSA) is 63.6 Å². The van der Waals surface area contributed by atoms with Gasteiger partial charge in [0.25, 0.3) is 0 Å². The van der Waals surface area contributed by atoms with Crippen molar-refractivity contribution in [2.75, 3.05) is 7.11 Å². The Morgan fingerprint density at radius 1 is 1.17 bits per heavy atom. The Kier molecular flexibility index (Phi) is 5.63. The minimum Gasteiger partial charge on any atom is -0.469 e. The van der Waals surface area contributed by atoms with Gasteiger partial charge in [-0.2, -0.15) is 0 Å². The van der Waals surface area contributed by atoms with Crippen LogP contribution in [-0.4, -0.2) is 30.1 Å². The zero-order chi connectivity index (χ0) is 21.0. The van der Waals surface area contributed by atoms with Gasteiger partial charge in [0, 0.05) is 19.3 Å². The Morgan fingerprint density at radius 3 is 2.62 bits per heavy atom. The maximum Gasteiger partial charge on any atom is 0.305 e. The highest BCUT2D eigenvalue weighted by Crippen LogP contribution is 2.68. The molecule has 4 saturated carbocycles. The van der Waals surface area contributed by atoms with E-state index in [9.17, 15) is 14.7 Å². The summed E-state index contributed by atoms with van der Waals surface area (Å²) in [5.41, 5.74) is 0.499. The summed E-state index contributed by atoms with van der Waals surface area (Å²) in [4.78, 5) is 23.7. The van der Waals surface area contributed by atoms with Crippen molar-refractivity contribution in [1.82, 2.24) is 0 Å². The zero-order valence-electron chi connectivity index (χ0n) is 18.8. The van der Waals surface area contributed by atoms with E-state index in [2.05, 4.69) is 20.8 Å². The number of carbonyl (C=O) groups excluding carboxylic acids is 2. The third-order valence-corrected chi connectivity index (χ3v) is 10.3. The minimum atomic E-state index is -0.252. The summed E-state index contributed by atoms with van der Waals surface area (Å²) in [6.07, 6.45) is 9.27. The highest BCUT2D eigenvalue weighted by molar-refractivity contribution is 5.79. The summed E-state index contributed by atoms with van der Waals surface area (Å²) in [5, 5.41) is 11.3. The normalized spacial score (nSPS) is 47.7. The average molecular weight is 405 g/mol. The second kappa shape index (κ2) is 7.66. The van der Waals surface area contributed by atoms with Crippen molar-refractivity contribution in [3.63, 3.8) is 0 Å². The Morgan fingerprint density at radius 2 is 1.90 bits per heavy atom. The largest absolute Gasteiger partial charge is 0.469 e. The maximum absolute atomic E-state index is 12.1. The van der Waals surface area contributed by atoms with Gasteiger partial charge < -0.3 is 9.84 Å². The minimum absolute atomic E-state index is 0.103. The van der Waals surface area contributed by atoms with Crippen LogP contribution in [0, 0.1) is 46.3 Å². The van der Waals surface area contributed by atoms with Crippen LogP contribution in [0.1, 0.15) is 85.0 Å². The summed E-state index contributed by atoms with van der Waals surface area (Å²) in [7, 11) is 1.47. The van der Waals surface area contributed by atoms with E-state index in [0.717, 1.165) is 25.7 Å². The molecule has 4 fully saturated rings. The lowest BCUT2D eigenvalue weighted by atomic mass is 9.44. The van der Waals surface area contributed by atoms with Gasteiger partial charge in [-0.25, -0.2) is 0 Å². The fraction of sp³-hybridized carbons (Fsp3) is 0.920. The van der Waals surface area contributed by atoms with Crippen molar-refractivity contribution in [2.24, 2.45) is 46.3 Å². The van der Waals surface area contributed by atoms with Crippen molar-refractivity contribution in [1.29, 1.82) is 0 Å². The van der Waals surface area contributed by atoms with Crippen molar-refractivity contribution < 1.29 is 19.4 Å². The number of hydrogen-bond donors (Lipinski definition) is 1.